The molecule has 2 aromatic carbocycles. The lowest BCUT2D eigenvalue weighted by Gasteiger charge is -2.10. The second-order valence-electron chi connectivity index (χ2n) is 4.35. The van der Waals surface area contributed by atoms with Gasteiger partial charge in [-0.25, -0.2) is 0 Å². The number of nitrogens with two attached hydrogens (primary N) is 1. The summed E-state index contributed by atoms with van der Waals surface area (Å²) in [4.78, 5) is 0. The molecule has 0 atom stereocenters. The third-order valence-corrected chi connectivity index (χ3v) is 2.66. The van der Waals surface area contributed by atoms with E-state index in [1.807, 2.05) is 37.3 Å². The summed E-state index contributed by atoms with van der Waals surface area (Å²) in [6.45, 7) is 3.07. The average molecular weight is 273 g/mol. The van der Waals surface area contributed by atoms with Gasteiger partial charge in [-0.1, -0.05) is 12.1 Å². The molecule has 106 valence electrons. The number of methoxy groups -OCH3 is 1. The molecule has 0 spiro atoms. The summed E-state index contributed by atoms with van der Waals surface area (Å²) in [6, 6.07) is 13.1. The third kappa shape index (κ3) is 3.90. The zero-order valence-electron chi connectivity index (χ0n) is 11.8. The van der Waals surface area contributed by atoms with Gasteiger partial charge in [0.25, 0.3) is 0 Å². The maximum absolute atomic E-state index is 5.84. The van der Waals surface area contributed by atoms with Crippen molar-refractivity contribution >= 4 is 5.69 Å². The molecule has 0 aliphatic rings. The fourth-order valence-electron chi connectivity index (χ4n) is 1.90. The molecule has 0 saturated heterocycles. The van der Waals surface area contributed by atoms with Crippen LogP contribution in [0.5, 0.6) is 17.2 Å². The number of nitrogen functional groups attached to an aromatic ring is 1. The number of rotatable bonds is 6. The number of benzene rings is 2. The molecule has 0 fully saturated rings. The molecule has 0 bridgehead atoms. The van der Waals surface area contributed by atoms with Crippen molar-refractivity contribution in [1.29, 1.82) is 0 Å². The number of anilines is 1. The summed E-state index contributed by atoms with van der Waals surface area (Å²) < 4.78 is 16.4. The predicted molar refractivity (Wildman–Crippen MR) is 79.3 cm³/mol. The van der Waals surface area contributed by atoms with Gasteiger partial charge in [0.2, 0.25) is 0 Å². The van der Waals surface area contributed by atoms with Crippen LogP contribution >= 0.6 is 0 Å². The first-order chi connectivity index (χ1) is 9.71. The smallest absolute Gasteiger partial charge is 0.133 e. The zero-order valence-corrected chi connectivity index (χ0v) is 11.8. The molecule has 0 unspecified atom stereocenters. The Labute approximate surface area is 119 Å². The van der Waals surface area contributed by atoms with Crippen molar-refractivity contribution in [1.82, 2.24) is 0 Å². The van der Waals surface area contributed by atoms with Crippen molar-refractivity contribution in [2.75, 3.05) is 19.5 Å². The summed E-state index contributed by atoms with van der Waals surface area (Å²) >= 11 is 0. The summed E-state index contributed by atoms with van der Waals surface area (Å²) in [5.41, 5.74) is 7.51. The van der Waals surface area contributed by atoms with Gasteiger partial charge in [-0.2, -0.15) is 0 Å². The van der Waals surface area contributed by atoms with Gasteiger partial charge in [-0.05, 0) is 24.6 Å². The summed E-state index contributed by atoms with van der Waals surface area (Å²) in [5, 5.41) is 0. The Morgan fingerprint density at radius 1 is 1.00 bits per heavy atom. The minimum absolute atomic E-state index is 0.554. The lowest BCUT2D eigenvalue weighted by atomic mass is 10.2. The SMILES string of the molecule is CCOc1cc(N)cc(Oc2cccc(COC)c2)c1. The van der Waals surface area contributed by atoms with Crippen LogP contribution < -0.4 is 15.2 Å². The van der Waals surface area contributed by atoms with Crippen molar-refractivity contribution in [3.05, 3.63) is 48.0 Å². The van der Waals surface area contributed by atoms with Gasteiger partial charge < -0.3 is 19.9 Å². The highest BCUT2D eigenvalue weighted by atomic mass is 16.5. The predicted octanol–water partition coefficient (Wildman–Crippen LogP) is 3.61. The molecule has 0 aromatic heterocycles. The van der Waals surface area contributed by atoms with E-state index in [0.717, 1.165) is 11.3 Å². The average Bonchev–Trinajstić information content (AvgIpc) is 2.39. The van der Waals surface area contributed by atoms with Crippen LogP contribution in [0.3, 0.4) is 0 Å². The molecule has 4 nitrogen and oxygen atoms in total. The first-order valence-corrected chi connectivity index (χ1v) is 6.50. The molecule has 20 heavy (non-hydrogen) atoms. The Bertz CT molecular complexity index is 569. The van der Waals surface area contributed by atoms with Crippen LogP contribution in [0.1, 0.15) is 12.5 Å². The monoisotopic (exact) mass is 273 g/mol. The zero-order chi connectivity index (χ0) is 14.4. The molecule has 0 saturated carbocycles. The topological polar surface area (TPSA) is 53.7 Å². The van der Waals surface area contributed by atoms with E-state index in [9.17, 15) is 0 Å². The summed E-state index contributed by atoms with van der Waals surface area (Å²) in [6.07, 6.45) is 0. The fraction of sp³-hybridized carbons (Fsp3) is 0.250. The van der Waals surface area contributed by atoms with Crippen LogP contribution in [-0.4, -0.2) is 13.7 Å². The standard InChI is InChI=1S/C16H19NO3/c1-3-19-15-8-13(17)9-16(10-15)20-14-6-4-5-12(7-14)11-18-2/h4-10H,3,11,17H2,1-2H3. The Balaban J connectivity index is 2.18. The van der Waals surface area contributed by atoms with Crippen molar-refractivity contribution < 1.29 is 14.2 Å². The minimum Gasteiger partial charge on any atom is -0.494 e. The van der Waals surface area contributed by atoms with E-state index < -0.39 is 0 Å². The normalized spacial score (nSPS) is 10.3. The Morgan fingerprint density at radius 2 is 1.80 bits per heavy atom. The van der Waals surface area contributed by atoms with E-state index in [1.54, 1.807) is 19.2 Å². The molecule has 2 aromatic rings. The largest absolute Gasteiger partial charge is 0.494 e. The first kappa shape index (κ1) is 14.2. The van der Waals surface area contributed by atoms with Crippen LogP contribution in [0.2, 0.25) is 0 Å². The second kappa shape index (κ2) is 6.82. The second-order valence-corrected chi connectivity index (χ2v) is 4.35. The molecule has 0 heterocycles. The van der Waals surface area contributed by atoms with Gasteiger partial charge in [0.1, 0.15) is 17.2 Å². The summed E-state index contributed by atoms with van der Waals surface area (Å²) in [7, 11) is 1.67. The van der Waals surface area contributed by atoms with Crippen molar-refractivity contribution in [3.63, 3.8) is 0 Å². The minimum atomic E-state index is 0.554. The molecule has 2 rings (SSSR count). The van der Waals surface area contributed by atoms with E-state index in [2.05, 4.69) is 0 Å². The maximum atomic E-state index is 5.84. The van der Waals surface area contributed by atoms with Crippen molar-refractivity contribution in [3.8, 4) is 17.2 Å². The molecular weight excluding hydrogens is 254 g/mol. The van der Waals surface area contributed by atoms with Crippen LogP contribution in [-0.2, 0) is 11.3 Å². The molecule has 0 radical (unpaired) electrons. The van der Waals surface area contributed by atoms with Crippen molar-refractivity contribution in [2.45, 2.75) is 13.5 Å². The number of hydrogen-bond acceptors (Lipinski definition) is 4. The lowest BCUT2D eigenvalue weighted by Crippen LogP contribution is -1.95. The number of ether oxygens (including phenoxy) is 3. The van der Waals surface area contributed by atoms with E-state index in [-0.39, 0.29) is 0 Å². The van der Waals surface area contributed by atoms with E-state index in [1.165, 1.54) is 0 Å². The molecular formula is C16H19NO3. The van der Waals surface area contributed by atoms with Gasteiger partial charge in [-0.15, -0.1) is 0 Å². The maximum Gasteiger partial charge on any atom is 0.133 e. The van der Waals surface area contributed by atoms with Crippen LogP contribution in [0.15, 0.2) is 42.5 Å². The van der Waals surface area contributed by atoms with E-state index in [0.29, 0.717) is 30.4 Å². The first-order valence-electron chi connectivity index (χ1n) is 6.50. The molecule has 2 N–H and O–H groups in total. The highest BCUT2D eigenvalue weighted by Crippen LogP contribution is 2.29. The molecule has 0 aliphatic heterocycles. The summed E-state index contributed by atoms with van der Waals surface area (Å²) in [5.74, 6) is 2.10. The van der Waals surface area contributed by atoms with Gasteiger partial charge >= 0.3 is 0 Å². The quantitative estimate of drug-likeness (QED) is 0.817. The highest BCUT2D eigenvalue weighted by Gasteiger charge is 2.03. The molecule has 4 heteroatoms. The Morgan fingerprint density at radius 3 is 2.55 bits per heavy atom. The van der Waals surface area contributed by atoms with Crippen LogP contribution in [0.4, 0.5) is 5.69 Å². The van der Waals surface area contributed by atoms with Gasteiger partial charge in [-0.3, -0.25) is 0 Å². The van der Waals surface area contributed by atoms with E-state index in [4.69, 9.17) is 19.9 Å². The third-order valence-electron chi connectivity index (χ3n) is 2.66. The molecule has 0 amide bonds. The Hall–Kier alpha value is -2.20. The fourth-order valence-corrected chi connectivity index (χ4v) is 1.90. The molecule has 0 aliphatic carbocycles. The van der Waals surface area contributed by atoms with Gasteiger partial charge in [0.05, 0.1) is 13.2 Å². The van der Waals surface area contributed by atoms with Crippen molar-refractivity contribution in [2.24, 2.45) is 0 Å². The number of hydrogen-bond donors (Lipinski definition) is 1. The van der Waals surface area contributed by atoms with E-state index >= 15 is 0 Å². The van der Waals surface area contributed by atoms with Crippen LogP contribution in [0, 0.1) is 0 Å². The van der Waals surface area contributed by atoms with Gasteiger partial charge in [0.15, 0.2) is 0 Å². The lowest BCUT2D eigenvalue weighted by molar-refractivity contribution is 0.184. The van der Waals surface area contributed by atoms with Crippen LogP contribution in [0.25, 0.3) is 0 Å². The highest BCUT2D eigenvalue weighted by molar-refractivity contribution is 5.51. The Kier molecular flexibility index (Phi) is 4.85. The van der Waals surface area contributed by atoms with Gasteiger partial charge in [0, 0.05) is 31.0 Å².